The van der Waals surface area contributed by atoms with Crippen molar-refractivity contribution in [2.45, 2.75) is 20.4 Å². The number of carbonyl (C=O) groups excluding carboxylic acids is 1. The summed E-state index contributed by atoms with van der Waals surface area (Å²) in [4.78, 5) is 12.1. The van der Waals surface area contributed by atoms with Crippen LogP contribution in [0.15, 0.2) is 46.9 Å². The van der Waals surface area contributed by atoms with Gasteiger partial charge in [-0.3, -0.25) is 4.79 Å². The van der Waals surface area contributed by atoms with Crippen molar-refractivity contribution >= 4 is 39.9 Å². The Morgan fingerprint density at radius 3 is 2.52 bits per heavy atom. The highest BCUT2D eigenvalue weighted by Crippen LogP contribution is 2.36. The number of carbonyl (C=O) groups is 1. The van der Waals surface area contributed by atoms with Crippen molar-refractivity contribution in [3.63, 3.8) is 0 Å². The standard InChI is InChI=1S/C20H25BrN2O3.ClH/c1-14(2)11-22-12-15-9-17(21)20(18(10-15)25-3)26-13-19(24)23-16-7-5-4-6-8-16;/h4-10,14,22H,11-13H2,1-3H3,(H,23,24);1H. The fourth-order valence-corrected chi connectivity index (χ4v) is 2.98. The molecule has 0 saturated heterocycles. The Kier molecular flexibility index (Phi) is 10.2. The van der Waals surface area contributed by atoms with Crippen LogP contribution in [0.2, 0.25) is 0 Å². The smallest absolute Gasteiger partial charge is 0.262 e. The highest BCUT2D eigenvalue weighted by molar-refractivity contribution is 9.10. The van der Waals surface area contributed by atoms with Crippen molar-refractivity contribution in [1.29, 1.82) is 0 Å². The molecule has 0 saturated carbocycles. The van der Waals surface area contributed by atoms with Crippen molar-refractivity contribution in [2.75, 3.05) is 25.6 Å². The molecule has 0 fully saturated rings. The molecule has 2 N–H and O–H groups in total. The van der Waals surface area contributed by atoms with Crippen LogP contribution in [-0.4, -0.2) is 26.2 Å². The predicted octanol–water partition coefficient (Wildman–Crippen LogP) is 4.64. The van der Waals surface area contributed by atoms with E-state index < -0.39 is 0 Å². The summed E-state index contributed by atoms with van der Waals surface area (Å²) in [5.74, 6) is 1.47. The second kappa shape index (κ2) is 11.8. The molecule has 0 aromatic heterocycles. The molecule has 2 rings (SSSR count). The van der Waals surface area contributed by atoms with E-state index >= 15 is 0 Å². The molecular weight excluding hydrogens is 432 g/mol. The minimum Gasteiger partial charge on any atom is -0.493 e. The largest absolute Gasteiger partial charge is 0.493 e. The van der Waals surface area contributed by atoms with E-state index in [1.165, 1.54) is 0 Å². The van der Waals surface area contributed by atoms with E-state index in [9.17, 15) is 4.79 Å². The molecule has 0 atom stereocenters. The topological polar surface area (TPSA) is 59.6 Å². The minimum absolute atomic E-state index is 0. The van der Waals surface area contributed by atoms with E-state index in [0.29, 0.717) is 17.4 Å². The summed E-state index contributed by atoms with van der Waals surface area (Å²) in [5, 5.41) is 6.18. The van der Waals surface area contributed by atoms with E-state index in [2.05, 4.69) is 40.4 Å². The van der Waals surface area contributed by atoms with E-state index in [4.69, 9.17) is 9.47 Å². The number of para-hydroxylation sites is 1. The van der Waals surface area contributed by atoms with Gasteiger partial charge in [0.15, 0.2) is 18.1 Å². The van der Waals surface area contributed by atoms with Crippen molar-refractivity contribution in [2.24, 2.45) is 5.92 Å². The van der Waals surface area contributed by atoms with Gasteiger partial charge in [0.1, 0.15) is 0 Å². The fraction of sp³-hybridized carbons (Fsp3) is 0.350. The molecular formula is C20H26BrClN2O3. The molecule has 0 heterocycles. The summed E-state index contributed by atoms with van der Waals surface area (Å²) in [6, 6.07) is 13.2. The zero-order valence-electron chi connectivity index (χ0n) is 15.8. The Morgan fingerprint density at radius 1 is 1.19 bits per heavy atom. The van der Waals surface area contributed by atoms with Gasteiger partial charge < -0.3 is 20.1 Å². The minimum atomic E-state index is -0.229. The van der Waals surface area contributed by atoms with E-state index in [-0.39, 0.29) is 24.9 Å². The number of halogens is 2. The lowest BCUT2D eigenvalue weighted by atomic mass is 10.2. The van der Waals surface area contributed by atoms with Gasteiger partial charge >= 0.3 is 0 Å². The van der Waals surface area contributed by atoms with Crippen molar-refractivity contribution in [1.82, 2.24) is 5.32 Å². The molecule has 0 unspecified atom stereocenters. The van der Waals surface area contributed by atoms with E-state index in [1.54, 1.807) is 7.11 Å². The summed E-state index contributed by atoms with van der Waals surface area (Å²) < 4.78 is 11.9. The number of amides is 1. The third kappa shape index (κ3) is 7.79. The Balaban J connectivity index is 0.00000364. The molecule has 0 bridgehead atoms. The summed E-state index contributed by atoms with van der Waals surface area (Å²) in [6.45, 7) is 5.91. The first-order valence-electron chi connectivity index (χ1n) is 8.54. The van der Waals surface area contributed by atoms with Gasteiger partial charge in [-0.25, -0.2) is 0 Å². The van der Waals surface area contributed by atoms with Crippen LogP contribution in [0, 0.1) is 5.92 Å². The molecule has 0 aliphatic heterocycles. The lowest BCUT2D eigenvalue weighted by molar-refractivity contribution is -0.118. The predicted molar refractivity (Wildman–Crippen MR) is 115 cm³/mol. The molecule has 0 aliphatic carbocycles. The third-order valence-electron chi connectivity index (χ3n) is 3.58. The highest BCUT2D eigenvalue weighted by atomic mass is 79.9. The molecule has 0 spiro atoms. The number of benzene rings is 2. The summed E-state index contributed by atoms with van der Waals surface area (Å²) in [7, 11) is 1.59. The number of methoxy groups -OCH3 is 1. The van der Waals surface area contributed by atoms with Crippen molar-refractivity contribution in [3.8, 4) is 11.5 Å². The normalized spacial score (nSPS) is 10.3. The highest BCUT2D eigenvalue weighted by Gasteiger charge is 2.14. The molecule has 2 aromatic carbocycles. The van der Waals surface area contributed by atoms with E-state index in [1.807, 2.05) is 42.5 Å². The molecule has 2 aromatic rings. The molecule has 0 radical (unpaired) electrons. The first-order chi connectivity index (χ1) is 12.5. The maximum Gasteiger partial charge on any atom is 0.262 e. The number of rotatable bonds is 9. The monoisotopic (exact) mass is 456 g/mol. The van der Waals surface area contributed by atoms with Gasteiger partial charge in [-0.05, 0) is 58.2 Å². The molecule has 0 aliphatic rings. The first-order valence-corrected chi connectivity index (χ1v) is 9.33. The lowest BCUT2D eigenvalue weighted by Crippen LogP contribution is -2.21. The SMILES string of the molecule is COc1cc(CNCC(C)C)cc(Br)c1OCC(=O)Nc1ccccc1.Cl. The van der Waals surface area contributed by atoms with Gasteiger partial charge in [-0.1, -0.05) is 32.0 Å². The Labute approximate surface area is 175 Å². The number of ether oxygens (including phenoxy) is 2. The molecule has 148 valence electrons. The van der Waals surface area contributed by atoms with Gasteiger partial charge in [0, 0.05) is 12.2 Å². The zero-order valence-corrected chi connectivity index (χ0v) is 18.2. The van der Waals surface area contributed by atoms with Crippen molar-refractivity contribution < 1.29 is 14.3 Å². The quantitative estimate of drug-likeness (QED) is 0.576. The number of hydrogen-bond donors (Lipinski definition) is 2. The van der Waals surface area contributed by atoms with Crippen LogP contribution in [0.4, 0.5) is 5.69 Å². The van der Waals surface area contributed by atoms with Gasteiger partial charge in [0.05, 0.1) is 11.6 Å². The molecule has 5 nitrogen and oxygen atoms in total. The Bertz CT molecular complexity index is 727. The Morgan fingerprint density at radius 2 is 1.89 bits per heavy atom. The summed E-state index contributed by atoms with van der Waals surface area (Å²) in [6.07, 6.45) is 0. The first kappa shape index (κ1) is 23.3. The van der Waals surface area contributed by atoms with Gasteiger partial charge in [-0.15, -0.1) is 12.4 Å². The second-order valence-corrected chi connectivity index (χ2v) is 7.19. The van der Waals surface area contributed by atoms with Crippen LogP contribution < -0.4 is 20.1 Å². The second-order valence-electron chi connectivity index (χ2n) is 6.34. The van der Waals surface area contributed by atoms with Crippen molar-refractivity contribution in [3.05, 3.63) is 52.5 Å². The summed E-state index contributed by atoms with van der Waals surface area (Å²) in [5.41, 5.74) is 1.81. The maximum absolute atomic E-state index is 12.1. The number of nitrogens with one attached hydrogen (secondary N) is 2. The average Bonchev–Trinajstić information content (AvgIpc) is 2.61. The van der Waals surface area contributed by atoms with E-state index in [0.717, 1.165) is 28.8 Å². The van der Waals surface area contributed by atoms with Crippen LogP contribution >= 0.6 is 28.3 Å². The zero-order chi connectivity index (χ0) is 18.9. The molecule has 1 amide bonds. The lowest BCUT2D eigenvalue weighted by Gasteiger charge is -2.15. The number of anilines is 1. The van der Waals surface area contributed by atoms with Crippen LogP contribution in [0.25, 0.3) is 0 Å². The summed E-state index contributed by atoms with van der Waals surface area (Å²) >= 11 is 3.51. The van der Waals surface area contributed by atoms with Crippen LogP contribution in [0.1, 0.15) is 19.4 Å². The van der Waals surface area contributed by atoms with Crippen LogP contribution in [0.3, 0.4) is 0 Å². The third-order valence-corrected chi connectivity index (χ3v) is 4.17. The maximum atomic E-state index is 12.1. The average molecular weight is 458 g/mol. The van der Waals surface area contributed by atoms with Crippen LogP contribution in [0.5, 0.6) is 11.5 Å². The van der Waals surface area contributed by atoms with Gasteiger partial charge in [-0.2, -0.15) is 0 Å². The number of hydrogen-bond acceptors (Lipinski definition) is 4. The molecule has 27 heavy (non-hydrogen) atoms. The fourth-order valence-electron chi connectivity index (χ4n) is 2.38. The van der Waals surface area contributed by atoms with Gasteiger partial charge in [0.2, 0.25) is 0 Å². The molecule has 7 heteroatoms. The Hall–Kier alpha value is -1.76. The van der Waals surface area contributed by atoms with Crippen LogP contribution in [-0.2, 0) is 11.3 Å². The van der Waals surface area contributed by atoms with Gasteiger partial charge in [0.25, 0.3) is 5.91 Å².